The summed E-state index contributed by atoms with van der Waals surface area (Å²) in [4.78, 5) is 9.10. The van der Waals surface area contributed by atoms with Crippen molar-refractivity contribution in [3.05, 3.63) is 72.2 Å². The number of nitrogens with zero attached hydrogens (tertiary/aromatic N) is 2. The van der Waals surface area contributed by atoms with Crippen LogP contribution in [-0.4, -0.2) is 24.8 Å². The molecule has 0 aromatic rings. The van der Waals surface area contributed by atoms with Gasteiger partial charge in [0.05, 0.1) is 29.5 Å². The molecule has 0 fully saturated rings. The summed E-state index contributed by atoms with van der Waals surface area (Å²) in [5.74, 6) is 0. The molecule has 20 heavy (non-hydrogen) atoms. The Morgan fingerprint density at radius 3 is 1.80 bits per heavy atom. The fourth-order valence-electron chi connectivity index (χ4n) is 2.07. The monoisotopic (exact) mass is 264 g/mol. The predicted octanol–water partition coefficient (Wildman–Crippen LogP) is 2.00. The maximum Gasteiger partial charge on any atom is 0.130 e. The Labute approximate surface area is 118 Å². The molecule has 100 valence electrons. The van der Waals surface area contributed by atoms with Gasteiger partial charge in [0.1, 0.15) is 6.67 Å². The molecule has 0 saturated carbocycles. The topological polar surface area (TPSA) is 48.8 Å². The maximum atomic E-state index is 4.55. The van der Waals surface area contributed by atoms with Crippen molar-refractivity contribution >= 4 is 11.4 Å². The third kappa shape index (κ3) is 2.85. The van der Waals surface area contributed by atoms with E-state index in [0.29, 0.717) is 13.3 Å². The summed E-state index contributed by atoms with van der Waals surface area (Å²) in [6, 6.07) is 0. The molecule has 3 rings (SSSR count). The lowest BCUT2D eigenvalue weighted by atomic mass is 10.2. The van der Waals surface area contributed by atoms with Crippen LogP contribution in [0.5, 0.6) is 0 Å². The van der Waals surface area contributed by atoms with Crippen LogP contribution in [-0.2, 0) is 0 Å². The van der Waals surface area contributed by atoms with E-state index in [1.165, 1.54) is 0 Å². The van der Waals surface area contributed by atoms with Gasteiger partial charge in [-0.2, -0.15) is 0 Å². The van der Waals surface area contributed by atoms with Crippen molar-refractivity contribution in [3.63, 3.8) is 0 Å². The highest BCUT2D eigenvalue weighted by molar-refractivity contribution is 6.10. The van der Waals surface area contributed by atoms with E-state index in [9.17, 15) is 0 Å². The zero-order chi connectivity index (χ0) is 13.6. The van der Waals surface area contributed by atoms with Crippen molar-refractivity contribution in [2.75, 3.05) is 13.3 Å². The molecule has 0 bridgehead atoms. The van der Waals surface area contributed by atoms with Crippen molar-refractivity contribution in [1.82, 2.24) is 10.6 Å². The van der Waals surface area contributed by atoms with Crippen LogP contribution >= 0.6 is 0 Å². The Morgan fingerprint density at radius 2 is 1.25 bits per heavy atom. The summed E-state index contributed by atoms with van der Waals surface area (Å²) in [7, 11) is 0. The Morgan fingerprint density at radius 1 is 0.700 bits per heavy atom. The fraction of sp³-hybridized carbons (Fsp3) is 0.125. The zero-order valence-electron chi connectivity index (χ0n) is 11.1. The Hall–Kier alpha value is -2.62. The number of nitrogens with one attached hydrogen (secondary N) is 2. The van der Waals surface area contributed by atoms with E-state index in [0.717, 1.165) is 22.8 Å². The summed E-state index contributed by atoms with van der Waals surface area (Å²) >= 11 is 0. The molecule has 2 N–H and O–H groups in total. The summed E-state index contributed by atoms with van der Waals surface area (Å²) in [5, 5.41) is 6.71. The van der Waals surface area contributed by atoms with Gasteiger partial charge in [-0.3, -0.25) is 9.98 Å². The summed E-state index contributed by atoms with van der Waals surface area (Å²) in [6.45, 7) is 1.04. The lowest BCUT2D eigenvalue weighted by Gasteiger charge is -2.16. The van der Waals surface area contributed by atoms with E-state index < -0.39 is 0 Å². The molecule has 1 aliphatic heterocycles. The molecule has 0 spiro atoms. The third-order valence-electron chi connectivity index (χ3n) is 3.07. The third-order valence-corrected chi connectivity index (χ3v) is 3.07. The average molecular weight is 264 g/mol. The minimum atomic E-state index is 0.414. The zero-order valence-corrected chi connectivity index (χ0v) is 11.1. The first-order chi connectivity index (χ1) is 9.93. The standard InChI is InChI=1S/C16H16N4/c1-3-7-13-14(8-4-1)18-12-20-16-10-6-2-5-9-15(16)19-11-17-13/h1-10,17,19H,11-12H2. The van der Waals surface area contributed by atoms with Gasteiger partial charge < -0.3 is 10.6 Å². The number of aliphatic imine (C=N–C) groups is 2. The number of hydrogen-bond acceptors (Lipinski definition) is 4. The predicted molar refractivity (Wildman–Crippen MR) is 83.6 cm³/mol. The molecule has 3 aliphatic rings. The molecule has 0 radical (unpaired) electrons. The molecule has 2 aliphatic carbocycles. The quantitative estimate of drug-likeness (QED) is 0.703. The van der Waals surface area contributed by atoms with Crippen molar-refractivity contribution in [2.45, 2.75) is 0 Å². The summed E-state index contributed by atoms with van der Waals surface area (Å²) in [6.07, 6.45) is 20.0. The first kappa shape index (κ1) is 12.4. The minimum Gasteiger partial charge on any atom is -0.366 e. The molecule has 0 atom stereocenters. The van der Waals surface area contributed by atoms with Crippen molar-refractivity contribution in [2.24, 2.45) is 9.98 Å². The van der Waals surface area contributed by atoms with Crippen LogP contribution in [0.2, 0.25) is 0 Å². The lowest BCUT2D eigenvalue weighted by molar-refractivity contribution is 0.738. The molecule has 0 saturated heterocycles. The van der Waals surface area contributed by atoms with Gasteiger partial charge in [0.15, 0.2) is 0 Å². The normalized spacial score (nSPS) is 20.8. The fourth-order valence-corrected chi connectivity index (χ4v) is 2.07. The Balaban J connectivity index is 1.93. The van der Waals surface area contributed by atoms with E-state index in [4.69, 9.17) is 0 Å². The molecule has 1 heterocycles. The van der Waals surface area contributed by atoms with Crippen molar-refractivity contribution in [1.29, 1.82) is 0 Å². The number of allylic oxidation sites excluding steroid dienone is 10. The molecule has 0 aromatic carbocycles. The smallest absolute Gasteiger partial charge is 0.130 e. The molecule has 0 amide bonds. The van der Waals surface area contributed by atoms with Crippen LogP contribution in [0.15, 0.2) is 82.1 Å². The lowest BCUT2D eigenvalue weighted by Crippen LogP contribution is -2.33. The molecule has 0 unspecified atom stereocenters. The highest BCUT2D eigenvalue weighted by Gasteiger charge is 2.09. The van der Waals surface area contributed by atoms with Gasteiger partial charge in [-0.1, -0.05) is 36.5 Å². The first-order valence-corrected chi connectivity index (χ1v) is 6.61. The minimum absolute atomic E-state index is 0.414. The van der Waals surface area contributed by atoms with Crippen LogP contribution < -0.4 is 10.6 Å². The molecular formula is C16H16N4. The van der Waals surface area contributed by atoms with Gasteiger partial charge in [0.2, 0.25) is 0 Å². The van der Waals surface area contributed by atoms with E-state index >= 15 is 0 Å². The largest absolute Gasteiger partial charge is 0.366 e. The summed E-state index contributed by atoms with van der Waals surface area (Å²) < 4.78 is 0. The number of rotatable bonds is 0. The van der Waals surface area contributed by atoms with Gasteiger partial charge >= 0.3 is 0 Å². The molecule has 4 heteroatoms. The van der Waals surface area contributed by atoms with Gasteiger partial charge in [-0.15, -0.1) is 0 Å². The van der Waals surface area contributed by atoms with E-state index in [1.54, 1.807) is 0 Å². The molecule has 4 nitrogen and oxygen atoms in total. The van der Waals surface area contributed by atoms with E-state index in [2.05, 4.69) is 20.6 Å². The van der Waals surface area contributed by atoms with Gasteiger partial charge in [-0.25, -0.2) is 0 Å². The van der Waals surface area contributed by atoms with Crippen LogP contribution in [0.3, 0.4) is 0 Å². The van der Waals surface area contributed by atoms with Gasteiger partial charge in [0, 0.05) is 0 Å². The first-order valence-electron chi connectivity index (χ1n) is 6.61. The Bertz CT molecular complexity index is 571. The SMILES string of the molecule is C1=CC=C2NCNC3=CC=CC=CC3=NCN=C2C=C1. The van der Waals surface area contributed by atoms with Crippen LogP contribution in [0.4, 0.5) is 0 Å². The second-order valence-electron chi connectivity index (χ2n) is 4.41. The van der Waals surface area contributed by atoms with E-state index in [-0.39, 0.29) is 0 Å². The average Bonchev–Trinajstić information content (AvgIpc) is 2.81. The number of fused-ring (bicyclic) bond motifs is 2. The van der Waals surface area contributed by atoms with Gasteiger partial charge in [-0.05, 0) is 24.3 Å². The highest BCUT2D eigenvalue weighted by Crippen LogP contribution is 2.07. The molecular weight excluding hydrogens is 248 g/mol. The van der Waals surface area contributed by atoms with Crippen LogP contribution in [0.25, 0.3) is 0 Å². The number of hydrogen-bond donors (Lipinski definition) is 2. The van der Waals surface area contributed by atoms with Crippen molar-refractivity contribution in [3.8, 4) is 0 Å². The van der Waals surface area contributed by atoms with Gasteiger partial charge in [0.25, 0.3) is 0 Å². The summed E-state index contributed by atoms with van der Waals surface area (Å²) in [5.41, 5.74) is 3.84. The van der Waals surface area contributed by atoms with Crippen molar-refractivity contribution < 1.29 is 0 Å². The Kier molecular flexibility index (Phi) is 3.73. The van der Waals surface area contributed by atoms with Crippen LogP contribution in [0, 0.1) is 0 Å². The second kappa shape index (κ2) is 6.02. The van der Waals surface area contributed by atoms with Crippen LogP contribution in [0.1, 0.15) is 0 Å². The molecule has 0 aromatic heterocycles. The highest BCUT2D eigenvalue weighted by atomic mass is 15.1. The second-order valence-corrected chi connectivity index (χ2v) is 4.41. The van der Waals surface area contributed by atoms with E-state index in [1.807, 2.05) is 60.8 Å². The maximum absolute atomic E-state index is 4.55.